The van der Waals surface area contributed by atoms with Gasteiger partial charge in [-0.1, -0.05) is 6.07 Å². The SMILES string of the molecule is CN1C(=O)C2(CC(C)(C)Oc3ccc(-c4cccc(C(F)(F)F)n4)cc32)N=C1N. The van der Waals surface area contributed by atoms with E-state index in [0.29, 0.717) is 16.9 Å². The topological polar surface area (TPSA) is 80.8 Å². The van der Waals surface area contributed by atoms with Crippen LogP contribution in [0.25, 0.3) is 11.3 Å². The zero-order chi connectivity index (χ0) is 21.2. The van der Waals surface area contributed by atoms with Gasteiger partial charge in [-0.05, 0) is 44.2 Å². The molecule has 6 nitrogen and oxygen atoms in total. The van der Waals surface area contributed by atoms with Gasteiger partial charge in [-0.25, -0.2) is 9.98 Å². The molecule has 0 bridgehead atoms. The van der Waals surface area contributed by atoms with E-state index in [1.165, 1.54) is 24.1 Å². The zero-order valence-electron chi connectivity index (χ0n) is 16.0. The van der Waals surface area contributed by atoms with Crippen molar-refractivity contribution in [1.82, 2.24) is 9.88 Å². The van der Waals surface area contributed by atoms with Crippen molar-refractivity contribution in [2.75, 3.05) is 7.05 Å². The highest BCUT2D eigenvalue weighted by atomic mass is 19.4. The van der Waals surface area contributed by atoms with E-state index in [9.17, 15) is 18.0 Å². The highest BCUT2D eigenvalue weighted by molar-refractivity contribution is 6.07. The number of amides is 1. The van der Waals surface area contributed by atoms with Gasteiger partial charge in [0.2, 0.25) is 0 Å². The number of benzene rings is 1. The number of nitrogens with two attached hydrogens (primary N) is 1. The predicted molar refractivity (Wildman–Crippen MR) is 100 cm³/mol. The molecule has 1 spiro atoms. The van der Waals surface area contributed by atoms with Gasteiger partial charge in [0.1, 0.15) is 17.0 Å². The molecule has 2 aliphatic heterocycles. The van der Waals surface area contributed by atoms with Crippen LogP contribution in [0.15, 0.2) is 41.4 Å². The van der Waals surface area contributed by atoms with Gasteiger partial charge < -0.3 is 10.5 Å². The Hall–Kier alpha value is -3.10. The van der Waals surface area contributed by atoms with Gasteiger partial charge in [0.15, 0.2) is 11.5 Å². The van der Waals surface area contributed by atoms with Gasteiger partial charge in [-0.15, -0.1) is 0 Å². The van der Waals surface area contributed by atoms with Gasteiger partial charge >= 0.3 is 6.18 Å². The van der Waals surface area contributed by atoms with Crippen LogP contribution in [0.3, 0.4) is 0 Å². The van der Waals surface area contributed by atoms with E-state index >= 15 is 0 Å². The lowest BCUT2D eigenvalue weighted by atomic mass is 9.77. The zero-order valence-corrected chi connectivity index (χ0v) is 16.0. The molecule has 152 valence electrons. The van der Waals surface area contributed by atoms with Crippen LogP contribution < -0.4 is 10.5 Å². The van der Waals surface area contributed by atoms with Crippen molar-refractivity contribution >= 4 is 11.9 Å². The van der Waals surface area contributed by atoms with E-state index in [4.69, 9.17) is 10.5 Å². The first-order valence-corrected chi connectivity index (χ1v) is 8.95. The number of hydrogen-bond acceptors (Lipinski definition) is 5. The van der Waals surface area contributed by atoms with Crippen LogP contribution in [-0.2, 0) is 16.5 Å². The summed E-state index contributed by atoms with van der Waals surface area (Å²) in [6, 6.07) is 8.55. The van der Waals surface area contributed by atoms with E-state index in [0.717, 1.165) is 6.07 Å². The Balaban J connectivity index is 1.89. The second kappa shape index (κ2) is 5.95. The number of carbonyl (C=O) groups excluding carboxylic acids is 1. The van der Waals surface area contributed by atoms with Crippen molar-refractivity contribution < 1.29 is 22.7 Å². The maximum Gasteiger partial charge on any atom is 0.433 e. The summed E-state index contributed by atoms with van der Waals surface area (Å²) in [7, 11) is 1.54. The molecule has 0 saturated heterocycles. The lowest BCUT2D eigenvalue weighted by molar-refractivity contribution is -0.141. The number of pyridine rings is 1. The summed E-state index contributed by atoms with van der Waals surface area (Å²) >= 11 is 0. The number of ether oxygens (including phenoxy) is 1. The Bertz CT molecular complexity index is 1050. The first kappa shape index (κ1) is 19.2. The number of alkyl halides is 3. The molecule has 3 heterocycles. The largest absolute Gasteiger partial charge is 0.487 e. The summed E-state index contributed by atoms with van der Waals surface area (Å²) in [6.45, 7) is 3.69. The molecule has 0 aliphatic carbocycles. The number of halogens is 3. The Morgan fingerprint density at radius 1 is 1.21 bits per heavy atom. The molecular weight excluding hydrogens is 385 g/mol. The van der Waals surface area contributed by atoms with Crippen molar-refractivity contribution in [3.63, 3.8) is 0 Å². The molecular formula is C20H19F3N4O2. The average Bonchev–Trinajstić information content (AvgIpc) is 2.84. The molecule has 1 aromatic carbocycles. The van der Waals surface area contributed by atoms with Crippen molar-refractivity contribution in [3.8, 4) is 17.0 Å². The van der Waals surface area contributed by atoms with E-state index in [1.807, 2.05) is 13.8 Å². The first-order valence-electron chi connectivity index (χ1n) is 8.95. The molecule has 29 heavy (non-hydrogen) atoms. The number of carbonyl (C=O) groups is 1. The lowest BCUT2D eigenvalue weighted by Crippen LogP contribution is -2.49. The number of rotatable bonds is 1. The maximum absolute atomic E-state index is 13.1. The number of likely N-dealkylation sites (N-methyl/N-ethyl adjacent to an activating group) is 1. The average molecular weight is 404 g/mol. The standard InChI is InChI=1S/C20H19F3N4O2/c1-18(2)10-19(16(28)27(3)17(24)26-19)12-9-11(7-8-14(12)29-18)13-5-4-6-15(25-13)20(21,22)23/h4-9H,10H2,1-3H3,(H2,24,26). The number of hydrogen-bond donors (Lipinski definition) is 1. The summed E-state index contributed by atoms with van der Waals surface area (Å²) in [4.78, 5) is 22.6. The van der Waals surface area contributed by atoms with E-state index in [2.05, 4.69) is 9.98 Å². The third kappa shape index (κ3) is 3.01. The Kier molecular flexibility index (Phi) is 3.94. The van der Waals surface area contributed by atoms with Gasteiger partial charge in [0, 0.05) is 24.6 Å². The first-order chi connectivity index (χ1) is 13.4. The van der Waals surface area contributed by atoms with Crippen molar-refractivity contribution in [2.45, 2.75) is 37.6 Å². The monoisotopic (exact) mass is 404 g/mol. The van der Waals surface area contributed by atoms with Gasteiger partial charge in [0.05, 0.1) is 5.69 Å². The van der Waals surface area contributed by atoms with Crippen LogP contribution >= 0.6 is 0 Å². The normalized spacial score (nSPS) is 23.0. The minimum atomic E-state index is -4.55. The molecule has 2 N–H and O–H groups in total. The van der Waals surface area contributed by atoms with Crippen LogP contribution in [0, 0.1) is 0 Å². The number of aliphatic imine (C=N–C) groups is 1. The van der Waals surface area contributed by atoms with Crippen molar-refractivity contribution in [1.29, 1.82) is 0 Å². The molecule has 2 aromatic rings. The summed E-state index contributed by atoms with van der Waals surface area (Å²) in [5.41, 5.74) is 3.98. The number of guanidine groups is 1. The highest BCUT2D eigenvalue weighted by Crippen LogP contribution is 2.49. The number of fused-ring (bicyclic) bond motifs is 2. The summed E-state index contributed by atoms with van der Waals surface area (Å²) in [5, 5.41) is 0. The summed E-state index contributed by atoms with van der Waals surface area (Å²) < 4.78 is 45.2. The molecule has 0 saturated carbocycles. The molecule has 4 rings (SSSR count). The predicted octanol–water partition coefficient (Wildman–Crippen LogP) is 3.31. The highest BCUT2D eigenvalue weighted by Gasteiger charge is 2.55. The minimum absolute atomic E-state index is 0.0845. The second-order valence-electron chi connectivity index (χ2n) is 7.85. The molecule has 9 heteroatoms. The molecule has 1 unspecified atom stereocenters. The Labute approximate surface area is 165 Å². The second-order valence-corrected chi connectivity index (χ2v) is 7.85. The minimum Gasteiger partial charge on any atom is -0.487 e. The van der Waals surface area contributed by atoms with E-state index < -0.39 is 23.0 Å². The molecule has 0 fully saturated rings. The fourth-order valence-corrected chi connectivity index (χ4v) is 3.89. The number of aromatic nitrogens is 1. The van der Waals surface area contributed by atoms with E-state index in [-0.39, 0.29) is 24.0 Å². The molecule has 1 aromatic heterocycles. The van der Waals surface area contributed by atoms with Gasteiger partial charge in [-0.3, -0.25) is 9.69 Å². The third-order valence-electron chi connectivity index (χ3n) is 5.14. The van der Waals surface area contributed by atoms with Crippen molar-refractivity contribution in [2.24, 2.45) is 10.7 Å². The fourth-order valence-electron chi connectivity index (χ4n) is 3.89. The van der Waals surface area contributed by atoms with Crippen LogP contribution in [0.1, 0.15) is 31.5 Å². The van der Waals surface area contributed by atoms with Crippen LogP contribution in [0.4, 0.5) is 13.2 Å². The fraction of sp³-hybridized carbons (Fsp3) is 0.350. The van der Waals surface area contributed by atoms with Gasteiger partial charge in [0.25, 0.3) is 5.91 Å². The molecule has 1 amide bonds. The smallest absolute Gasteiger partial charge is 0.433 e. The number of nitrogens with zero attached hydrogens (tertiary/aromatic N) is 3. The van der Waals surface area contributed by atoms with Crippen LogP contribution in [-0.4, -0.2) is 34.4 Å². The Morgan fingerprint density at radius 2 is 1.93 bits per heavy atom. The van der Waals surface area contributed by atoms with Crippen LogP contribution in [0.2, 0.25) is 0 Å². The molecule has 1 atom stereocenters. The Morgan fingerprint density at radius 3 is 2.55 bits per heavy atom. The third-order valence-corrected chi connectivity index (χ3v) is 5.14. The maximum atomic E-state index is 13.1. The quantitative estimate of drug-likeness (QED) is 0.791. The molecule has 0 radical (unpaired) electrons. The van der Waals surface area contributed by atoms with E-state index in [1.54, 1.807) is 18.2 Å². The van der Waals surface area contributed by atoms with Gasteiger partial charge in [-0.2, -0.15) is 13.2 Å². The summed E-state index contributed by atoms with van der Waals surface area (Å²) in [5.74, 6) is 0.222. The van der Waals surface area contributed by atoms with Crippen LogP contribution in [0.5, 0.6) is 5.75 Å². The lowest BCUT2D eigenvalue weighted by Gasteiger charge is -2.41. The molecule has 2 aliphatic rings. The van der Waals surface area contributed by atoms with Crippen molar-refractivity contribution in [3.05, 3.63) is 47.7 Å². The summed E-state index contributed by atoms with van der Waals surface area (Å²) in [6.07, 6.45) is -4.31.